The molecule has 7 nitrogen and oxygen atoms in total. The van der Waals surface area contributed by atoms with Crippen molar-refractivity contribution in [3.05, 3.63) is 47.7 Å². The van der Waals surface area contributed by atoms with Crippen LogP contribution < -0.4 is 9.64 Å². The van der Waals surface area contributed by atoms with Gasteiger partial charge in [0.2, 0.25) is 0 Å². The second kappa shape index (κ2) is 8.85. The number of nitrogens with zero attached hydrogens (tertiary/aromatic N) is 3. The summed E-state index contributed by atoms with van der Waals surface area (Å²) in [4.78, 5) is 20.6. The minimum absolute atomic E-state index is 0.0391. The van der Waals surface area contributed by atoms with Gasteiger partial charge in [-0.3, -0.25) is 4.79 Å². The van der Waals surface area contributed by atoms with Gasteiger partial charge in [-0.2, -0.15) is 13.2 Å². The van der Waals surface area contributed by atoms with Gasteiger partial charge in [-0.25, -0.2) is 13.4 Å². The zero-order valence-electron chi connectivity index (χ0n) is 18.0. The van der Waals surface area contributed by atoms with Gasteiger partial charge in [-0.1, -0.05) is 0 Å². The van der Waals surface area contributed by atoms with E-state index < -0.39 is 21.6 Å². The van der Waals surface area contributed by atoms with E-state index >= 15 is 0 Å². The number of sulfone groups is 1. The van der Waals surface area contributed by atoms with Crippen molar-refractivity contribution >= 4 is 21.6 Å². The van der Waals surface area contributed by atoms with E-state index in [0.717, 1.165) is 31.4 Å². The number of aromatic nitrogens is 1. The summed E-state index contributed by atoms with van der Waals surface area (Å²) in [5, 5.41) is 0. The molecule has 1 aliphatic carbocycles. The van der Waals surface area contributed by atoms with E-state index in [2.05, 4.69) is 4.98 Å². The summed E-state index contributed by atoms with van der Waals surface area (Å²) in [7, 11) is -3.51. The summed E-state index contributed by atoms with van der Waals surface area (Å²) in [6, 6.07) is 6.61. The molecule has 0 unspecified atom stereocenters. The molecule has 2 aromatic rings. The first kappa shape index (κ1) is 23.3. The molecule has 1 saturated carbocycles. The maximum absolute atomic E-state index is 13.3. The van der Waals surface area contributed by atoms with Gasteiger partial charge in [0.25, 0.3) is 5.91 Å². The number of pyridine rings is 1. The highest BCUT2D eigenvalue weighted by molar-refractivity contribution is 7.90. The molecule has 1 aromatic heterocycles. The van der Waals surface area contributed by atoms with Crippen molar-refractivity contribution in [2.75, 3.05) is 43.9 Å². The van der Waals surface area contributed by atoms with Crippen LogP contribution in [0.3, 0.4) is 0 Å². The van der Waals surface area contributed by atoms with Gasteiger partial charge >= 0.3 is 6.18 Å². The van der Waals surface area contributed by atoms with Crippen LogP contribution in [0.25, 0.3) is 0 Å². The lowest BCUT2D eigenvalue weighted by molar-refractivity contribution is -0.137. The van der Waals surface area contributed by atoms with Crippen LogP contribution in [0.5, 0.6) is 5.75 Å². The first-order valence-electron chi connectivity index (χ1n) is 10.6. The van der Waals surface area contributed by atoms with Gasteiger partial charge in [0.1, 0.15) is 11.6 Å². The number of piperazine rings is 1. The number of halogens is 3. The number of anilines is 1. The molecule has 0 spiro atoms. The number of carbonyl (C=O) groups is 1. The van der Waals surface area contributed by atoms with Gasteiger partial charge < -0.3 is 14.5 Å². The molecule has 0 atom stereocenters. The van der Waals surface area contributed by atoms with E-state index in [1.807, 2.05) is 0 Å². The molecule has 1 amide bonds. The summed E-state index contributed by atoms with van der Waals surface area (Å²) >= 11 is 0. The van der Waals surface area contributed by atoms with Crippen LogP contribution in [0, 0.1) is 5.92 Å². The summed E-state index contributed by atoms with van der Waals surface area (Å²) in [5.41, 5.74) is -0.621. The van der Waals surface area contributed by atoms with Crippen LogP contribution in [0.2, 0.25) is 0 Å². The zero-order chi connectivity index (χ0) is 23.8. The van der Waals surface area contributed by atoms with Crippen molar-refractivity contribution in [3.63, 3.8) is 0 Å². The van der Waals surface area contributed by atoms with Crippen molar-refractivity contribution in [2.24, 2.45) is 5.92 Å². The predicted molar refractivity (Wildman–Crippen MR) is 115 cm³/mol. The number of benzene rings is 1. The quantitative estimate of drug-likeness (QED) is 0.628. The van der Waals surface area contributed by atoms with Crippen molar-refractivity contribution < 1.29 is 31.1 Å². The Morgan fingerprint density at radius 3 is 2.36 bits per heavy atom. The molecule has 2 aliphatic rings. The summed E-state index contributed by atoms with van der Waals surface area (Å²) in [5.74, 6) is 0.877. The fourth-order valence-corrected chi connectivity index (χ4v) is 4.22. The van der Waals surface area contributed by atoms with Gasteiger partial charge in [-0.15, -0.1) is 0 Å². The molecule has 4 rings (SSSR count). The van der Waals surface area contributed by atoms with Crippen LogP contribution >= 0.6 is 0 Å². The molecule has 0 bridgehead atoms. The average Bonchev–Trinajstić information content (AvgIpc) is 3.61. The maximum atomic E-state index is 13.3. The summed E-state index contributed by atoms with van der Waals surface area (Å²) < 4.78 is 68.1. The second-order valence-electron chi connectivity index (χ2n) is 8.37. The lowest BCUT2D eigenvalue weighted by Crippen LogP contribution is -2.49. The second-order valence-corrected chi connectivity index (χ2v) is 10.4. The highest BCUT2D eigenvalue weighted by Gasteiger charge is 2.32. The van der Waals surface area contributed by atoms with Gasteiger partial charge in [0.15, 0.2) is 9.84 Å². The lowest BCUT2D eigenvalue weighted by Gasteiger charge is -2.35. The molecule has 1 aromatic carbocycles. The Balaban J connectivity index is 1.47. The van der Waals surface area contributed by atoms with Crippen molar-refractivity contribution in [1.82, 2.24) is 9.88 Å². The molecule has 33 heavy (non-hydrogen) atoms. The minimum atomic E-state index is -4.45. The Morgan fingerprint density at radius 2 is 1.82 bits per heavy atom. The molecule has 0 radical (unpaired) electrons. The third-order valence-electron chi connectivity index (χ3n) is 5.75. The van der Waals surface area contributed by atoms with Crippen molar-refractivity contribution in [3.8, 4) is 5.75 Å². The van der Waals surface area contributed by atoms with Crippen LogP contribution in [-0.2, 0) is 16.0 Å². The van der Waals surface area contributed by atoms with E-state index in [-0.39, 0.29) is 16.4 Å². The van der Waals surface area contributed by atoms with Gasteiger partial charge in [0, 0.05) is 38.6 Å². The van der Waals surface area contributed by atoms with E-state index in [9.17, 15) is 26.4 Å². The summed E-state index contributed by atoms with van der Waals surface area (Å²) in [6.45, 7) is 1.87. The smallest absolute Gasteiger partial charge is 0.417 e. The molecule has 2 heterocycles. The van der Waals surface area contributed by atoms with Crippen LogP contribution in [0.1, 0.15) is 28.8 Å². The van der Waals surface area contributed by atoms with E-state index in [4.69, 9.17) is 4.74 Å². The molecule has 2 fully saturated rings. The van der Waals surface area contributed by atoms with Crippen molar-refractivity contribution in [2.45, 2.75) is 23.9 Å². The molecule has 1 saturated heterocycles. The SMILES string of the molecule is CS(=O)(=O)c1ccc(OCC2CC2)c(C(=O)N2CCN(c3ccc(C(F)(F)F)cn3)CC2)c1. The van der Waals surface area contributed by atoms with E-state index in [1.165, 1.54) is 24.3 Å². The van der Waals surface area contributed by atoms with Gasteiger partial charge in [-0.05, 0) is 49.1 Å². The monoisotopic (exact) mass is 483 g/mol. The Kier molecular flexibility index (Phi) is 6.26. The highest BCUT2D eigenvalue weighted by Crippen LogP contribution is 2.32. The Morgan fingerprint density at radius 1 is 1.12 bits per heavy atom. The third-order valence-corrected chi connectivity index (χ3v) is 6.86. The van der Waals surface area contributed by atoms with Crippen LogP contribution in [0.4, 0.5) is 19.0 Å². The zero-order valence-corrected chi connectivity index (χ0v) is 18.8. The molecule has 11 heteroatoms. The molecule has 1 aliphatic heterocycles. The maximum Gasteiger partial charge on any atom is 0.417 e. The molecular formula is C22H24F3N3O4S. The molecule has 178 valence electrons. The predicted octanol–water partition coefficient (Wildman–Crippen LogP) is 3.26. The standard InChI is InChI=1S/C22H24F3N3O4S/c1-33(30,31)17-5-6-19(32-14-15-2-3-15)18(12-17)21(29)28-10-8-27(9-11-28)20-7-4-16(13-26-20)22(23,24)25/h4-7,12-13,15H,2-3,8-11,14H2,1H3. The first-order chi connectivity index (χ1) is 15.5. The number of alkyl halides is 3. The largest absolute Gasteiger partial charge is 0.492 e. The topological polar surface area (TPSA) is 79.8 Å². The third kappa shape index (κ3) is 5.58. The number of hydrogen-bond donors (Lipinski definition) is 0. The Hall–Kier alpha value is -2.82. The summed E-state index contributed by atoms with van der Waals surface area (Å²) in [6.07, 6.45) is -0.421. The number of amides is 1. The molecule has 0 N–H and O–H groups in total. The number of hydrogen-bond acceptors (Lipinski definition) is 6. The van der Waals surface area contributed by atoms with Crippen LogP contribution in [-0.4, -0.2) is 63.3 Å². The number of carbonyl (C=O) groups excluding carboxylic acids is 1. The highest BCUT2D eigenvalue weighted by atomic mass is 32.2. The fraction of sp³-hybridized carbons (Fsp3) is 0.455. The van der Waals surface area contributed by atoms with Crippen molar-refractivity contribution in [1.29, 1.82) is 0 Å². The van der Waals surface area contributed by atoms with E-state index in [1.54, 1.807) is 9.80 Å². The fourth-order valence-electron chi connectivity index (χ4n) is 3.57. The Bertz CT molecular complexity index is 1120. The minimum Gasteiger partial charge on any atom is -0.492 e. The average molecular weight is 484 g/mol. The number of rotatable bonds is 6. The lowest BCUT2D eigenvalue weighted by atomic mass is 10.1. The van der Waals surface area contributed by atoms with E-state index in [0.29, 0.717) is 50.3 Å². The Labute approximate surface area is 190 Å². The first-order valence-corrected chi connectivity index (χ1v) is 12.5. The van der Waals surface area contributed by atoms with Gasteiger partial charge in [0.05, 0.1) is 22.6 Å². The van der Waals surface area contributed by atoms with Crippen LogP contribution in [0.15, 0.2) is 41.4 Å². The number of ether oxygens (including phenoxy) is 1. The normalized spacial score (nSPS) is 17.2. The molecular weight excluding hydrogens is 459 g/mol.